The van der Waals surface area contributed by atoms with Crippen LogP contribution in [0.5, 0.6) is 0 Å². The minimum absolute atomic E-state index is 0.0930. The summed E-state index contributed by atoms with van der Waals surface area (Å²) in [7, 11) is -3.68. The highest BCUT2D eigenvalue weighted by Gasteiger charge is 2.21. The maximum absolute atomic E-state index is 12.8. The lowest BCUT2D eigenvalue weighted by atomic mass is 9.93. The van der Waals surface area contributed by atoms with Gasteiger partial charge in [0.15, 0.2) is 0 Å². The lowest BCUT2D eigenvalue weighted by molar-refractivity contribution is -0.117. The van der Waals surface area contributed by atoms with Crippen LogP contribution in [0, 0.1) is 0 Å². The van der Waals surface area contributed by atoms with Crippen LogP contribution < -0.4 is 10.0 Å². The minimum Gasteiger partial charge on any atom is -0.326 e. The number of carbonyl (C=O) groups is 1. The van der Waals surface area contributed by atoms with Crippen LogP contribution in [0.4, 0.5) is 5.69 Å². The molecule has 2 aromatic rings. The number of hydrogen-bond acceptors (Lipinski definition) is 4. The summed E-state index contributed by atoms with van der Waals surface area (Å²) >= 11 is 0. The van der Waals surface area contributed by atoms with E-state index in [1.165, 1.54) is 12.1 Å². The topological polar surface area (TPSA) is 87.6 Å². The standard InChI is InChI=1S/C23H29N3O3S/c1-2-9-21(18-10-5-3-6-11-18)23(27)25-19-13-15-20(16-14-19)30(28,29)26-22-12-7-4-8-17-24-22/h3,5-6,10-11,13-16,21H,2,4,7-9,12,17H2,1H3,(H,24,26)(H,25,27)/t21-/m1/s1. The molecule has 6 nitrogen and oxygen atoms in total. The van der Waals surface area contributed by atoms with Crippen molar-refractivity contribution in [3.63, 3.8) is 0 Å². The van der Waals surface area contributed by atoms with Crippen molar-refractivity contribution in [2.45, 2.75) is 56.3 Å². The first-order chi connectivity index (χ1) is 14.5. The van der Waals surface area contributed by atoms with Gasteiger partial charge in [0.2, 0.25) is 5.91 Å². The Morgan fingerprint density at radius 3 is 2.47 bits per heavy atom. The van der Waals surface area contributed by atoms with E-state index in [0.717, 1.165) is 37.7 Å². The van der Waals surface area contributed by atoms with Crippen molar-refractivity contribution >= 4 is 27.5 Å². The molecule has 30 heavy (non-hydrogen) atoms. The van der Waals surface area contributed by atoms with Gasteiger partial charge in [-0.1, -0.05) is 50.1 Å². The second-order valence-corrected chi connectivity index (χ2v) is 9.19. The van der Waals surface area contributed by atoms with Crippen molar-refractivity contribution in [1.82, 2.24) is 4.72 Å². The number of hydrogen-bond donors (Lipinski definition) is 2. The Morgan fingerprint density at radius 1 is 1.03 bits per heavy atom. The molecule has 160 valence electrons. The highest BCUT2D eigenvalue weighted by atomic mass is 32.2. The van der Waals surface area contributed by atoms with E-state index in [1.807, 2.05) is 30.3 Å². The molecule has 2 N–H and O–H groups in total. The molecule has 0 saturated carbocycles. The first-order valence-electron chi connectivity index (χ1n) is 10.5. The van der Waals surface area contributed by atoms with Gasteiger partial charge in [-0.05, 0) is 49.1 Å². The molecule has 0 fully saturated rings. The third-order valence-corrected chi connectivity index (χ3v) is 6.55. The Hall–Kier alpha value is -2.67. The van der Waals surface area contributed by atoms with Crippen LogP contribution >= 0.6 is 0 Å². The van der Waals surface area contributed by atoms with Crippen molar-refractivity contribution < 1.29 is 13.2 Å². The molecule has 7 heteroatoms. The summed E-state index contributed by atoms with van der Waals surface area (Å²) in [6.07, 6.45) is 5.26. The van der Waals surface area contributed by atoms with Crippen molar-refractivity contribution in [1.29, 1.82) is 0 Å². The molecule has 1 heterocycles. The van der Waals surface area contributed by atoms with Crippen LogP contribution in [0.1, 0.15) is 56.9 Å². The molecule has 0 aliphatic carbocycles. The number of amidine groups is 1. The molecule has 1 amide bonds. The molecular weight excluding hydrogens is 398 g/mol. The molecule has 0 radical (unpaired) electrons. The van der Waals surface area contributed by atoms with Crippen molar-refractivity contribution in [3.8, 4) is 0 Å². The molecule has 3 rings (SSSR count). The highest BCUT2D eigenvalue weighted by Crippen LogP contribution is 2.24. The van der Waals surface area contributed by atoms with Crippen LogP contribution in [-0.2, 0) is 14.8 Å². The molecular formula is C23H29N3O3S. The monoisotopic (exact) mass is 427 g/mol. The largest absolute Gasteiger partial charge is 0.326 e. The van der Waals surface area contributed by atoms with Gasteiger partial charge in [-0.3, -0.25) is 14.5 Å². The number of amides is 1. The van der Waals surface area contributed by atoms with E-state index < -0.39 is 10.0 Å². The summed E-state index contributed by atoms with van der Waals surface area (Å²) in [4.78, 5) is 17.3. The Balaban J connectivity index is 1.68. The summed E-state index contributed by atoms with van der Waals surface area (Å²) in [5.74, 6) is 0.189. The van der Waals surface area contributed by atoms with E-state index in [4.69, 9.17) is 0 Å². The second-order valence-electron chi connectivity index (χ2n) is 7.51. The Bertz CT molecular complexity index is 971. The van der Waals surface area contributed by atoms with E-state index in [-0.39, 0.29) is 16.7 Å². The second kappa shape index (κ2) is 10.4. The molecule has 0 unspecified atom stereocenters. The van der Waals surface area contributed by atoms with Crippen LogP contribution in [0.25, 0.3) is 0 Å². The molecule has 0 saturated heterocycles. The molecule has 2 aromatic carbocycles. The van der Waals surface area contributed by atoms with Crippen molar-refractivity contribution in [2.75, 3.05) is 11.9 Å². The normalized spacial score (nSPS) is 15.6. The fourth-order valence-electron chi connectivity index (χ4n) is 3.54. The molecule has 1 aliphatic heterocycles. The SMILES string of the molecule is CCC[C@@H](C(=O)Nc1ccc(S(=O)(=O)NC2=NCCCCC2)cc1)c1ccccc1. The fourth-order valence-corrected chi connectivity index (χ4v) is 4.63. The van der Waals surface area contributed by atoms with E-state index in [1.54, 1.807) is 12.1 Å². The predicted octanol–water partition coefficient (Wildman–Crippen LogP) is 4.46. The van der Waals surface area contributed by atoms with Gasteiger partial charge in [0.25, 0.3) is 10.0 Å². The lowest BCUT2D eigenvalue weighted by Crippen LogP contribution is -2.30. The first-order valence-corrected chi connectivity index (χ1v) is 12.0. The third-order valence-electron chi connectivity index (χ3n) is 5.15. The predicted molar refractivity (Wildman–Crippen MR) is 120 cm³/mol. The van der Waals surface area contributed by atoms with Gasteiger partial charge in [-0.2, -0.15) is 0 Å². The van der Waals surface area contributed by atoms with Gasteiger partial charge in [0.1, 0.15) is 5.84 Å². The molecule has 0 aromatic heterocycles. The zero-order valence-electron chi connectivity index (χ0n) is 17.3. The average Bonchev–Trinajstić information content (AvgIpc) is 3.01. The number of rotatable bonds is 7. The lowest BCUT2D eigenvalue weighted by Gasteiger charge is -2.17. The van der Waals surface area contributed by atoms with Crippen LogP contribution in [0.15, 0.2) is 64.5 Å². The fraction of sp³-hybridized carbons (Fsp3) is 0.391. The number of nitrogens with one attached hydrogen (secondary N) is 2. The van der Waals surface area contributed by atoms with Crippen LogP contribution in [-0.4, -0.2) is 26.7 Å². The Kier molecular flexibility index (Phi) is 7.63. The summed E-state index contributed by atoms with van der Waals surface area (Å²) in [5.41, 5.74) is 1.55. The number of carbonyl (C=O) groups excluding carboxylic acids is 1. The van der Waals surface area contributed by atoms with Gasteiger partial charge in [-0.15, -0.1) is 0 Å². The van der Waals surface area contributed by atoms with Gasteiger partial charge in [0, 0.05) is 18.7 Å². The smallest absolute Gasteiger partial charge is 0.262 e. The molecule has 1 aliphatic rings. The first kappa shape index (κ1) is 22.0. The number of nitrogens with zero attached hydrogens (tertiary/aromatic N) is 1. The highest BCUT2D eigenvalue weighted by molar-refractivity contribution is 7.90. The Morgan fingerprint density at radius 2 is 1.77 bits per heavy atom. The van der Waals surface area contributed by atoms with Crippen molar-refractivity contribution in [2.24, 2.45) is 4.99 Å². The minimum atomic E-state index is -3.68. The molecule has 1 atom stereocenters. The zero-order valence-corrected chi connectivity index (χ0v) is 18.1. The molecule has 0 bridgehead atoms. The van der Waals surface area contributed by atoms with E-state index in [0.29, 0.717) is 24.5 Å². The Labute approximate surface area is 178 Å². The summed E-state index contributed by atoms with van der Waals surface area (Å²) in [6, 6.07) is 15.9. The molecule has 0 spiro atoms. The average molecular weight is 428 g/mol. The van der Waals surface area contributed by atoms with Gasteiger partial charge in [0.05, 0.1) is 10.8 Å². The summed E-state index contributed by atoms with van der Waals surface area (Å²) < 4.78 is 27.9. The summed E-state index contributed by atoms with van der Waals surface area (Å²) in [6.45, 7) is 2.71. The number of anilines is 1. The number of aliphatic imine (C=N–C) groups is 1. The van der Waals surface area contributed by atoms with E-state index in [2.05, 4.69) is 22.0 Å². The number of sulfonamides is 1. The van der Waals surface area contributed by atoms with Gasteiger partial charge < -0.3 is 5.32 Å². The van der Waals surface area contributed by atoms with Crippen LogP contribution in [0.2, 0.25) is 0 Å². The quantitative estimate of drug-likeness (QED) is 0.684. The van der Waals surface area contributed by atoms with E-state index in [9.17, 15) is 13.2 Å². The number of benzene rings is 2. The third kappa shape index (κ3) is 5.92. The van der Waals surface area contributed by atoms with E-state index >= 15 is 0 Å². The van der Waals surface area contributed by atoms with Gasteiger partial charge >= 0.3 is 0 Å². The maximum atomic E-state index is 12.8. The van der Waals surface area contributed by atoms with Crippen molar-refractivity contribution in [3.05, 3.63) is 60.2 Å². The summed E-state index contributed by atoms with van der Waals surface area (Å²) in [5, 5.41) is 2.92. The van der Waals surface area contributed by atoms with Crippen LogP contribution in [0.3, 0.4) is 0 Å². The zero-order chi connectivity index (χ0) is 21.4. The maximum Gasteiger partial charge on any atom is 0.262 e. The van der Waals surface area contributed by atoms with Gasteiger partial charge in [-0.25, -0.2) is 8.42 Å².